The van der Waals surface area contributed by atoms with Crippen LogP contribution in [0.15, 0.2) is 0 Å². The topological polar surface area (TPSA) is 186 Å². The molecule has 0 aliphatic carbocycles. The van der Waals surface area contributed by atoms with Gasteiger partial charge in [0.15, 0.2) is 0 Å². The van der Waals surface area contributed by atoms with E-state index >= 15 is 0 Å². The molecule has 18 heteroatoms. The van der Waals surface area contributed by atoms with E-state index in [1.807, 2.05) is 0 Å². The third-order valence-electron chi connectivity index (χ3n) is 0.957. The minimum atomic E-state index is -2.67. The summed E-state index contributed by atoms with van der Waals surface area (Å²) in [5, 5.41) is 62.0. The second-order valence-corrected chi connectivity index (χ2v) is 2.74. The van der Waals surface area contributed by atoms with Crippen LogP contribution in [0.3, 0.4) is 0 Å². The quantitative estimate of drug-likeness (QED) is 0.151. The zero-order valence-corrected chi connectivity index (χ0v) is 11.2. The molecule has 0 aromatic rings. The van der Waals surface area contributed by atoms with Crippen LogP contribution in [0.2, 0.25) is 0 Å². The molecule has 1 heterocycles. The average Bonchev–Trinajstić information content (AvgIpc) is 2.28. The van der Waals surface area contributed by atoms with Crippen LogP contribution in [0.1, 0.15) is 0 Å². The third kappa shape index (κ3) is 217. The number of hydrogen-bond acceptors (Lipinski definition) is 10. The van der Waals surface area contributed by atoms with Crippen LogP contribution in [0.5, 0.6) is 0 Å². The maximum absolute atomic E-state index is 10.1. The van der Waals surface area contributed by atoms with Crippen molar-refractivity contribution >= 4 is 29.6 Å². The van der Waals surface area contributed by atoms with Crippen LogP contribution >= 0.6 is 0 Å². The molecule has 0 atom stereocenters. The van der Waals surface area contributed by atoms with Gasteiger partial charge in [-0.3, -0.25) is 17.3 Å². The van der Waals surface area contributed by atoms with Gasteiger partial charge in [-0.2, -0.15) is 0 Å². The summed E-state index contributed by atoms with van der Waals surface area (Å²) in [6, 6.07) is 0. The second kappa shape index (κ2) is 25.5. The summed E-state index contributed by atoms with van der Waals surface area (Å²) in [5.74, 6) is 0. The third-order valence-corrected chi connectivity index (χ3v) is 0.957. The van der Waals surface area contributed by atoms with Gasteiger partial charge in [-0.05, 0) is 0 Å². The zero-order valence-electron chi connectivity index (χ0n) is 11.2. The zero-order chi connectivity index (χ0) is 18.6. The Morgan fingerprint density at radius 2 is 0.545 bits per heavy atom. The van der Waals surface area contributed by atoms with Gasteiger partial charge in [0.2, 0.25) is 0 Å². The molecule has 0 aromatic carbocycles. The van der Waals surface area contributed by atoms with Gasteiger partial charge in [0, 0.05) is 26.2 Å². The molecule has 1 saturated heterocycles. The Hall–Kier alpha value is -0.420. The van der Waals surface area contributed by atoms with Crippen LogP contribution in [0, 0.1) is 0 Å². The molecule has 0 amide bonds. The largest absolute Gasteiger partial charge is 0.674 e. The molecule has 1 rings (SSSR count). The van der Waals surface area contributed by atoms with Crippen molar-refractivity contribution in [3.05, 3.63) is 0 Å². The first-order valence-electron chi connectivity index (χ1n) is 5.35. The van der Waals surface area contributed by atoms with E-state index in [-0.39, 0.29) is 0 Å². The minimum absolute atomic E-state index is 1.14. The van der Waals surface area contributed by atoms with Gasteiger partial charge in [-0.15, -0.1) is 0 Å². The molecule has 1 fully saturated rings. The molecule has 0 radical (unpaired) electrons. The van der Waals surface area contributed by atoms with Crippen molar-refractivity contribution in [2.75, 3.05) is 26.2 Å². The smallest absolute Gasteiger partial charge is 0.398 e. The van der Waals surface area contributed by atoms with Crippen molar-refractivity contribution in [1.29, 1.82) is 0 Å². The van der Waals surface area contributed by atoms with E-state index in [1.165, 1.54) is 0 Å². The molecule has 22 heavy (non-hydrogen) atoms. The first-order valence-corrected chi connectivity index (χ1v) is 5.35. The molecule has 0 saturated carbocycles. The first-order chi connectivity index (χ1) is 9.93. The molecule has 0 unspecified atom stereocenters. The Labute approximate surface area is 125 Å². The van der Waals surface area contributed by atoms with E-state index in [0.29, 0.717) is 0 Å². The second-order valence-electron chi connectivity index (χ2n) is 2.74. The lowest BCUT2D eigenvalue weighted by Crippen LogP contribution is -2.39. The number of rotatable bonds is 0. The maximum Gasteiger partial charge on any atom is 0.674 e. The van der Waals surface area contributed by atoms with Crippen LogP contribution in [-0.4, -0.2) is 96.0 Å². The Bertz CT molecular complexity index is 140. The highest BCUT2D eigenvalue weighted by Gasteiger charge is 1.98. The lowest BCUT2D eigenvalue weighted by molar-refractivity contribution is 0.338. The highest BCUT2D eigenvalue weighted by Crippen LogP contribution is 1.65. The standard InChI is InChI=1S/C4H10N2.4BFH2O2/c1-2-6-4-3-5-1;4*2-1(3)4/h5-6H,1-4H2;4*3-4H. The van der Waals surface area contributed by atoms with Gasteiger partial charge in [-0.1, -0.05) is 0 Å². The molecule has 10 nitrogen and oxygen atoms in total. The predicted octanol–water partition coefficient (Wildman–Crippen LogP) is -5.12. The molecule has 0 bridgehead atoms. The monoisotopic (exact) mass is 342 g/mol. The summed E-state index contributed by atoms with van der Waals surface area (Å²) in [7, 11) is -10.7. The van der Waals surface area contributed by atoms with Gasteiger partial charge in [-0.25, -0.2) is 0 Å². The van der Waals surface area contributed by atoms with Gasteiger partial charge in [0.25, 0.3) is 0 Å². The van der Waals surface area contributed by atoms with Crippen LogP contribution < -0.4 is 10.6 Å². The van der Waals surface area contributed by atoms with Crippen LogP contribution in [-0.2, 0) is 0 Å². The van der Waals surface area contributed by atoms with Crippen molar-refractivity contribution in [2.45, 2.75) is 0 Å². The molecule has 0 aromatic heterocycles. The lowest BCUT2D eigenvalue weighted by Gasteiger charge is -2.11. The predicted molar refractivity (Wildman–Crippen MR) is 70.9 cm³/mol. The van der Waals surface area contributed by atoms with E-state index in [4.69, 9.17) is 40.2 Å². The summed E-state index contributed by atoms with van der Waals surface area (Å²) in [5.41, 5.74) is 0. The Kier molecular flexibility index (Phi) is 34.3. The molecule has 132 valence electrons. The fourth-order valence-electron chi connectivity index (χ4n) is 0.604. The SMILES string of the molecule is C1CNCCN1.OB(O)F.OB(O)F.OB(O)F.OB(O)F. The van der Waals surface area contributed by atoms with Gasteiger partial charge in [0.1, 0.15) is 0 Å². The molecule has 0 spiro atoms. The summed E-state index contributed by atoms with van der Waals surface area (Å²) >= 11 is 0. The molecule has 1 aliphatic heterocycles. The fourth-order valence-corrected chi connectivity index (χ4v) is 0.604. The molecule has 1 aliphatic rings. The van der Waals surface area contributed by atoms with Crippen molar-refractivity contribution in [1.82, 2.24) is 10.6 Å². The normalized spacial score (nSPS) is 11.5. The van der Waals surface area contributed by atoms with Gasteiger partial charge in [0.05, 0.1) is 0 Å². The van der Waals surface area contributed by atoms with Crippen molar-refractivity contribution in [3.8, 4) is 0 Å². The summed E-state index contributed by atoms with van der Waals surface area (Å²) in [4.78, 5) is 0. The summed E-state index contributed by atoms with van der Waals surface area (Å²) < 4.78 is 40.4. The molecular weight excluding hydrogens is 323 g/mol. The maximum atomic E-state index is 10.1. The highest BCUT2D eigenvalue weighted by atomic mass is 19.1. The van der Waals surface area contributed by atoms with E-state index in [2.05, 4.69) is 10.6 Å². The van der Waals surface area contributed by atoms with Crippen molar-refractivity contribution < 1.29 is 57.5 Å². The van der Waals surface area contributed by atoms with Crippen molar-refractivity contribution in [3.63, 3.8) is 0 Å². The fraction of sp³-hybridized carbons (Fsp3) is 1.00. The van der Waals surface area contributed by atoms with Crippen LogP contribution in [0.25, 0.3) is 0 Å². The first kappa shape index (κ1) is 29.6. The summed E-state index contributed by atoms with van der Waals surface area (Å²) in [6.45, 7) is 4.56. The van der Waals surface area contributed by atoms with Gasteiger partial charge >= 0.3 is 29.6 Å². The van der Waals surface area contributed by atoms with E-state index in [9.17, 15) is 17.3 Å². The van der Waals surface area contributed by atoms with Crippen molar-refractivity contribution in [2.24, 2.45) is 0 Å². The summed E-state index contributed by atoms with van der Waals surface area (Å²) in [6.07, 6.45) is 0. The average molecular weight is 341 g/mol. The Morgan fingerprint density at radius 3 is 0.591 bits per heavy atom. The molecular formula is C4H18B4F4N2O8. The number of nitrogens with one attached hydrogen (secondary N) is 2. The Morgan fingerprint density at radius 1 is 0.455 bits per heavy atom. The number of piperazine rings is 1. The van der Waals surface area contributed by atoms with E-state index in [1.54, 1.807) is 0 Å². The molecule has 10 N–H and O–H groups in total. The van der Waals surface area contributed by atoms with Gasteiger partial charge < -0.3 is 50.8 Å². The Balaban J connectivity index is -0.0000000937. The van der Waals surface area contributed by atoms with E-state index < -0.39 is 29.6 Å². The highest BCUT2D eigenvalue weighted by molar-refractivity contribution is 6.32. The number of halogens is 4. The minimum Gasteiger partial charge on any atom is -0.398 e. The lowest BCUT2D eigenvalue weighted by atomic mass is 10.3. The van der Waals surface area contributed by atoms with Crippen LogP contribution in [0.4, 0.5) is 17.3 Å². The van der Waals surface area contributed by atoms with E-state index in [0.717, 1.165) is 26.2 Å². The number of hydrogen-bond donors (Lipinski definition) is 10.